The Hall–Kier alpha value is -1.46. The second-order valence-corrected chi connectivity index (χ2v) is 7.63. The Labute approximate surface area is 156 Å². The molecule has 0 bridgehead atoms. The van der Waals surface area contributed by atoms with Gasteiger partial charge in [-0.25, -0.2) is 4.39 Å². The molecule has 5 heteroatoms. The summed E-state index contributed by atoms with van der Waals surface area (Å²) in [5, 5.41) is 7.18. The highest BCUT2D eigenvalue weighted by molar-refractivity contribution is 9.10. The lowest BCUT2D eigenvalue weighted by molar-refractivity contribution is 0.434. The maximum Gasteiger partial charge on any atom is 0.170 e. The molecule has 1 aliphatic rings. The van der Waals surface area contributed by atoms with Crippen LogP contribution in [0.1, 0.15) is 31.2 Å². The molecule has 2 N–H and O–H groups in total. The van der Waals surface area contributed by atoms with Crippen molar-refractivity contribution in [3.05, 3.63) is 64.4 Å². The summed E-state index contributed by atoms with van der Waals surface area (Å²) in [6.07, 6.45) is 4.61. The Kier molecular flexibility index (Phi) is 5.51. The summed E-state index contributed by atoms with van der Waals surface area (Å²) in [5.41, 5.74) is 2.19. The second kappa shape index (κ2) is 7.62. The maximum absolute atomic E-state index is 13.2. The van der Waals surface area contributed by atoms with Gasteiger partial charge in [-0.3, -0.25) is 0 Å². The monoisotopic (exact) mass is 406 g/mol. The molecule has 0 saturated heterocycles. The van der Waals surface area contributed by atoms with Crippen molar-refractivity contribution in [2.75, 3.05) is 11.9 Å². The number of nitrogens with one attached hydrogen (secondary N) is 2. The molecule has 0 atom stereocenters. The summed E-state index contributed by atoms with van der Waals surface area (Å²) in [4.78, 5) is 0. The van der Waals surface area contributed by atoms with E-state index in [9.17, 15) is 4.39 Å². The van der Waals surface area contributed by atoms with Gasteiger partial charge in [-0.1, -0.05) is 40.9 Å². The van der Waals surface area contributed by atoms with Crippen LogP contribution in [0.25, 0.3) is 0 Å². The van der Waals surface area contributed by atoms with Gasteiger partial charge in [0, 0.05) is 22.1 Å². The van der Waals surface area contributed by atoms with Crippen molar-refractivity contribution in [3.8, 4) is 0 Å². The van der Waals surface area contributed by atoms with E-state index in [0.29, 0.717) is 5.11 Å². The Bertz CT molecular complexity index is 694. The molecule has 0 spiro atoms. The van der Waals surface area contributed by atoms with Gasteiger partial charge in [0.05, 0.1) is 0 Å². The van der Waals surface area contributed by atoms with Crippen molar-refractivity contribution in [1.82, 2.24) is 5.32 Å². The average Bonchev–Trinajstić information content (AvgIpc) is 3.06. The normalized spacial score (nSPS) is 15.9. The lowest BCUT2D eigenvalue weighted by Gasteiger charge is -2.30. The zero-order chi connectivity index (χ0) is 17.0. The van der Waals surface area contributed by atoms with Crippen LogP contribution in [-0.4, -0.2) is 11.7 Å². The minimum Gasteiger partial charge on any atom is -0.362 e. The van der Waals surface area contributed by atoms with E-state index >= 15 is 0 Å². The van der Waals surface area contributed by atoms with Crippen molar-refractivity contribution < 1.29 is 4.39 Å². The SMILES string of the molecule is Fc1ccc(C2(CNC(=S)Nc3ccc(Br)cc3)CCCC2)cc1. The summed E-state index contributed by atoms with van der Waals surface area (Å²) < 4.78 is 14.3. The van der Waals surface area contributed by atoms with Crippen LogP contribution in [0, 0.1) is 5.82 Å². The summed E-state index contributed by atoms with van der Waals surface area (Å²) in [7, 11) is 0. The predicted octanol–water partition coefficient (Wildman–Crippen LogP) is 5.39. The fourth-order valence-electron chi connectivity index (χ4n) is 3.38. The van der Waals surface area contributed by atoms with E-state index in [1.54, 1.807) is 12.1 Å². The third-order valence-electron chi connectivity index (χ3n) is 4.71. The number of rotatable bonds is 4. The second-order valence-electron chi connectivity index (χ2n) is 6.31. The van der Waals surface area contributed by atoms with Crippen LogP contribution in [0.15, 0.2) is 53.0 Å². The molecule has 1 saturated carbocycles. The van der Waals surface area contributed by atoms with Gasteiger partial charge < -0.3 is 10.6 Å². The third-order valence-corrected chi connectivity index (χ3v) is 5.48. The van der Waals surface area contributed by atoms with Gasteiger partial charge in [-0.15, -0.1) is 0 Å². The number of hydrogen-bond donors (Lipinski definition) is 2. The van der Waals surface area contributed by atoms with Gasteiger partial charge in [-0.2, -0.15) is 0 Å². The molecular formula is C19H20BrFN2S. The van der Waals surface area contributed by atoms with Crippen molar-refractivity contribution in [2.45, 2.75) is 31.1 Å². The first-order valence-electron chi connectivity index (χ1n) is 8.14. The molecular weight excluding hydrogens is 387 g/mol. The van der Waals surface area contributed by atoms with E-state index in [-0.39, 0.29) is 11.2 Å². The van der Waals surface area contributed by atoms with Gasteiger partial charge in [0.1, 0.15) is 5.82 Å². The first kappa shape index (κ1) is 17.4. The van der Waals surface area contributed by atoms with E-state index in [0.717, 1.165) is 29.5 Å². The lowest BCUT2D eigenvalue weighted by Crippen LogP contribution is -2.40. The topological polar surface area (TPSA) is 24.1 Å². The number of halogens is 2. The molecule has 1 aliphatic carbocycles. The lowest BCUT2D eigenvalue weighted by atomic mass is 9.79. The highest BCUT2D eigenvalue weighted by atomic mass is 79.9. The van der Waals surface area contributed by atoms with E-state index in [4.69, 9.17) is 12.2 Å². The highest BCUT2D eigenvalue weighted by Crippen LogP contribution is 2.40. The van der Waals surface area contributed by atoms with Crippen LogP contribution in [-0.2, 0) is 5.41 Å². The van der Waals surface area contributed by atoms with Crippen LogP contribution in [0.5, 0.6) is 0 Å². The molecule has 0 amide bonds. The number of hydrogen-bond acceptors (Lipinski definition) is 1. The fraction of sp³-hybridized carbons (Fsp3) is 0.316. The molecule has 24 heavy (non-hydrogen) atoms. The molecule has 0 unspecified atom stereocenters. The minimum absolute atomic E-state index is 0.0408. The molecule has 1 fully saturated rings. The predicted molar refractivity (Wildman–Crippen MR) is 105 cm³/mol. The van der Waals surface area contributed by atoms with Crippen molar-refractivity contribution >= 4 is 38.9 Å². The van der Waals surface area contributed by atoms with Gasteiger partial charge in [0.15, 0.2) is 5.11 Å². The smallest absolute Gasteiger partial charge is 0.170 e. The third kappa shape index (κ3) is 4.14. The Morgan fingerprint density at radius 3 is 2.29 bits per heavy atom. The molecule has 0 heterocycles. The zero-order valence-electron chi connectivity index (χ0n) is 13.3. The van der Waals surface area contributed by atoms with Gasteiger partial charge in [0.25, 0.3) is 0 Å². The van der Waals surface area contributed by atoms with Crippen LogP contribution in [0.3, 0.4) is 0 Å². The first-order chi connectivity index (χ1) is 11.6. The number of thiocarbonyl (C=S) groups is 1. The summed E-state index contributed by atoms with van der Waals surface area (Å²) >= 11 is 8.85. The maximum atomic E-state index is 13.2. The average molecular weight is 407 g/mol. The highest BCUT2D eigenvalue weighted by Gasteiger charge is 2.35. The quantitative estimate of drug-likeness (QED) is 0.665. The first-order valence-corrected chi connectivity index (χ1v) is 9.34. The van der Waals surface area contributed by atoms with Crippen LogP contribution in [0.4, 0.5) is 10.1 Å². The zero-order valence-corrected chi connectivity index (χ0v) is 15.7. The minimum atomic E-state index is -0.188. The number of anilines is 1. The van der Waals surface area contributed by atoms with Gasteiger partial charge in [-0.05, 0) is 67.0 Å². The Morgan fingerprint density at radius 1 is 1.04 bits per heavy atom. The largest absolute Gasteiger partial charge is 0.362 e. The van der Waals surface area contributed by atoms with E-state index < -0.39 is 0 Å². The van der Waals surface area contributed by atoms with Crippen LogP contribution < -0.4 is 10.6 Å². The van der Waals surface area contributed by atoms with Crippen LogP contribution in [0.2, 0.25) is 0 Å². The van der Waals surface area contributed by atoms with E-state index in [1.165, 1.54) is 18.4 Å². The van der Waals surface area contributed by atoms with E-state index in [2.05, 4.69) is 26.6 Å². The molecule has 2 aromatic rings. The van der Waals surface area contributed by atoms with Gasteiger partial charge >= 0.3 is 0 Å². The Morgan fingerprint density at radius 2 is 1.67 bits per heavy atom. The molecule has 0 aromatic heterocycles. The molecule has 0 aliphatic heterocycles. The number of benzene rings is 2. The standard InChI is InChI=1S/C19H20BrFN2S/c20-15-5-9-17(10-6-15)23-18(24)22-13-19(11-1-2-12-19)14-3-7-16(21)8-4-14/h3-10H,1-2,11-13H2,(H2,22,23,24). The summed E-state index contributed by atoms with van der Waals surface area (Å²) in [6.45, 7) is 0.765. The van der Waals surface area contributed by atoms with Crippen molar-refractivity contribution in [3.63, 3.8) is 0 Å². The molecule has 2 aromatic carbocycles. The molecule has 3 rings (SSSR count). The van der Waals surface area contributed by atoms with Crippen LogP contribution >= 0.6 is 28.1 Å². The summed E-state index contributed by atoms with van der Waals surface area (Å²) in [5.74, 6) is -0.188. The Balaban J connectivity index is 1.65. The fourth-order valence-corrected chi connectivity index (χ4v) is 3.84. The molecule has 2 nitrogen and oxygen atoms in total. The van der Waals surface area contributed by atoms with E-state index in [1.807, 2.05) is 36.4 Å². The van der Waals surface area contributed by atoms with Crippen molar-refractivity contribution in [1.29, 1.82) is 0 Å². The summed E-state index contributed by atoms with van der Waals surface area (Å²) in [6, 6.07) is 14.8. The van der Waals surface area contributed by atoms with Crippen molar-refractivity contribution in [2.24, 2.45) is 0 Å². The molecule has 0 radical (unpaired) electrons. The van der Waals surface area contributed by atoms with Gasteiger partial charge in [0.2, 0.25) is 0 Å². The molecule has 126 valence electrons.